The van der Waals surface area contributed by atoms with E-state index in [-0.39, 0.29) is 17.2 Å². The van der Waals surface area contributed by atoms with Gasteiger partial charge in [-0.25, -0.2) is 4.98 Å². The summed E-state index contributed by atoms with van der Waals surface area (Å²) in [5, 5.41) is 14.1. The molecule has 4 heteroatoms. The normalized spacial score (nSPS) is 13.6. The third kappa shape index (κ3) is 4.65. The Labute approximate surface area is 143 Å². The summed E-state index contributed by atoms with van der Waals surface area (Å²) in [6.07, 6.45) is 2.71. The minimum atomic E-state index is -0.469. The molecule has 0 aliphatic carbocycles. The molecular weight excluding hydrogens is 300 g/mol. The molecule has 24 heavy (non-hydrogen) atoms. The first-order valence-electron chi connectivity index (χ1n) is 8.29. The molecule has 1 amide bonds. The number of nitrogens with zero attached hydrogens (tertiary/aromatic N) is 1. The molecule has 2 aromatic rings. The number of amides is 1. The summed E-state index contributed by atoms with van der Waals surface area (Å²) in [6, 6.07) is 11.7. The van der Waals surface area contributed by atoms with Crippen LogP contribution in [0.1, 0.15) is 33.4 Å². The van der Waals surface area contributed by atoms with Gasteiger partial charge in [-0.05, 0) is 24.1 Å². The molecule has 2 N–H and O–H groups in total. The van der Waals surface area contributed by atoms with Gasteiger partial charge in [0, 0.05) is 23.4 Å². The third-order valence-electron chi connectivity index (χ3n) is 4.18. The van der Waals surface area contributed by atoms with E-state index in [0.717, 1.165) is 16.6 Å². The first kappa shape index (κ1) is 18.1. The Morgan fingerprint density at radius 2 is 1.96 bits per heavy atom. The molecule has 1 atom stereocenters. The number of fused-ring (bicyclic) bond motifs is 1. The predicted octanol–water partition coefficient (Wildman–Crippen LogP) is 3.41. The third-order valence-corrected chi connectivity index (χ3v) is 4.18. The monoisotopic (exact) mass is 326 g/mol. The smallest absolute Gasteiger partial charge is 0.244 e. The van der Waals surface area contributed by atoms with Crippen molar-refractivity contribution in [1.29, 1.82) is 0 Å². The number of rotatable bonds is 6. The fourth-order valence-electron chi connectivity index (χ4n) is 2.72. The van der Waals surface area contributed by atoms with E-state index in [1.165, 1.54) is 6.08 Å². The quantitative estimate of drug-likeness (QED) is 0.800. The zero-order valence-electron chi connectivity index (χ0n) is 14.8. The molecule has 0 spiro atoms. The van der Waals surface area contributed by atoms with Gasteiger partial charge in [0.2, 0.25) is 5.91 Å². The summed E-state index contributed by atoms with van der Waals surface area (Å²) < 4.78 is 0. The maximum Gasteiger partial charge on any atom is 0.244 e. The van der Waals surface area contributed by atoms with Crippen molar-refractivity contribution in [2.45, 2.75) is 33.8 Å². The van der Waals surface area contributed by atoms with Gasteiger partial charge in [-0.3, -0.25) is 4.79 Å². The molecule has 0 bridgehead atoms. The highest BCUT2D eigenvalue weighted by Crippen LogP contribution is 2.25. The van der Waals surface area contributed by atoms with E-state index in [4.69, 9.17) is 0 Å². The van der Waals surface area contributed by atoms with Crippen molar-refractivity contribution in [3.63, 3.8) is 0 Å². The molecule has 0 radical (unpaired) electrons. The molecule has 0 saturated carbocycles. The fourth-order valence-corrected chi connectivity index (χ4v) is 2.72. The van der Waals surface area contributed by atoms with Crippen LogP contribution >= 0.6 is 0 Å². The molecule has 0 aliphatic heterocycles. The van der Waals surface area contributed by atoms with E-state index in [1.807, 2.05) is 64.1 Å². The maximum atomic E-state index is 12.0. The highest BCUT2D eigenvalue weighted by molar-refractivity contribution is 5.91. The van der Waals surface area contributed by atoms with Crippen molar-refractivity contribution in [2.24, 2.45) is 11.3 Å². The molecule has 128 valence electrons. The number of carbonyl (C=O) groups is 1. The second-order valence-corrected chi connectivity index (χ2v) is 7.16. The number of benzene rings is 1. The fraction of sp³-hybridized carbons (Fsp3) is 0.400. The number of hydrogen-bond acceptors (Lipinski definition) is 3. The van der Waals surface area contributed by atoms with Crippen molar-refractivity contribution < 1.29 is 9.90 Å². The predicted molar refractivity (Wildman–Crippen MR) is 98.4 cm³/mol. The van der Waals surface area contributed by atoms with Gasteiger partial charge in [-0.2, -0.15) is 0 Å². The van der Waals surface area contributed by atoms with Crippen LogP contribution in [0.15, 0.2) is 42.5 Å². The number of hydrogen-bond donors (Lipinski definition) is 2. The molecule has 0 saturated heterocycles. The lowest BCUT2D eigenvalue weighted by atomic mass is 9.81. The average Bonchev–Trinajstić information content (AvgIpc) is 2.57. The zero-order valence-corrected chi connectivity index (χ0v) is 14.8. The summed E-state index contributed by atoms with van der Waals surface area (Å²) >= 11 is 0. The van der Waals surface area contributed by atoms with Crippen LogP contribution in [-0.4, -0.2) is 28.6 Å². The van der Waals surface area contributed by atoms with Gasteiger partial charge in [-0.15, -0.1) is 0 Å². The Morgan fingerprint density at radius 1 is 1.25 bits per heavy atom. The number of carbonyl (C=O) groups excluding carboxylic acids is 1. The first-order chi connectivity index (χ1) is 11.3. The Kier molecular flexibility index (Phi) is 5.73. The van der Waals surface area contributed by atoms with Gasteiger partial charge in [0.05, 0.1) is 17.3 Å². The van der Waals surface area contributed by atoms with Gasteiger partial charge < -0.3 is 10.4 Å². The number of nitrogens with one attached hydrogen (secondary N) is 1. The summed E-state index contributed by atoms with van der Waals surface area (Å²) in [5.41, 5.74) is 1.27. The first-order valence-corrected chi connectivity index (χ1v) is 8.29. The molecule has 1 aromatic carbocycles. The van der Waals surface area contributed by atoms with Crippen LogP contribution in [0.3, 0.4) is 0 Å². The standard InChI is InChI=1S/C20H26N2O2/c1-14(2)19(24)20(3,4)13-21-18(23)12-11-16-10-9-15-7-5-6-8-17(15)22-16/h5-12,14,19,24H,13H2,1-4H3,(H,21,23)/b12-11+. The summed E-state index contributed by atoms with van der Waals surface area (Å²) in [5.74, 6) is -0.0387. The summed E-state index contributed by atoms with van der Waals surface area (Å²) in [6.45, 7) is 8.26. The molecule has 1 unspecified atom stereocenters. The lowest BCUT2D eigenvalue weighted by Crippen LogP contribution is -2.43. The molecule has 4 nitrogen and oxygen atoms in total. The average molecular weight is 326 g/mol. The summed E-state index contributed by atoms with van der Waals surface area (Å²) in [7, 11) is 0. The Morgan fingerprint density at radius 3 is 2.67 bits per heavy atom. The Balaban J connectivity index is 1.97. The van der Waals surface area contributed by atoms with Crippen molar-refractivity contribution in [3.05, 3.63) is 48.2 Å². The van der Waals surface area contributed by atoms with Crippen molar-refractivity contribution in [3.8, 4) is 0 Å². The maximum absolute atomic E-state index is 12.0. The number of aromatic nitrogens is 1. The minimum absolute atomic E-state index is 0.147. The van der Waals surface area contributed by atoms with E-state index < -0.39 is 6.10 Å². The van der Waals surface area contributed by atoms with Gasteiger partial charge >= 0.3 is 0 Å². The van der Waals surface area contributed by atoms with Crippen LogP contribution < -0.4 is 5.32 Å². The largest absolute Gasteiger partial charge is 0.392 e. The molecule has 1 aromatic heterocycles. The highest BCUT2D eigenvalue weighted by Gasteiger charge is 2.30. The minimum Gasteiger partial charge on any atom is -0.392 e. The second-order valence-electron chi connectivity index (χ2n) is 7.16. The van der Waals surface area contributed by atoms with Crippen LogP contribution in [0, 0.1) is 11.3 Å². The van der Waals surface area contributed by atoms with Crippen molar-refractivity contribution in [1.82, 2.24) is 10.3 Å². The van der Waals surface area contributed by atoms with Gasteiger partial charge in [0.1, 0.15) is 0 Å². The van der Waals surface area contributed by atoms with E-state index in [0.29, 0.717) is 6.54 Å². The van der Waals surface area contributed by atoms with E-state index in [1.54, 1.807) is 6.08 Å². The summed E-state index contributed by atoms with van der Waals surface area (Å²) in [4.78, 5) is 16.5. The topological polar surface area (TPSA) is 62.2 Å². The molecule has 0 fully saturated rings. The van der Waals surface area contributed by atoms with Crippen molar-refractivity contribution >= 4 is 22.9 Å². The van der Waals surface area contributed by atoms with Crippen LogP contribution in [0.2, 0.25) is 0 Å². The molecule has 1 heterocycles. The van der Waals surface area contributed by atoms with Crippen LogP contribution in [-0.2, 0) is 4.79 Å². The molecule has 2 rings (SSSR count). The van der Waals surface area contributed by atoms with E-state index >= 15 is 0 Å². The van der Waals surface area contributed by atoms with Crippen LogP contribution in [0.5, 0.6) is 0 Å². The van der Waals surface area contributed by atoms with E-state index in [9.17, 15) is 9.90 Å². The Hall–Kier alpha value is -2.20. The lowest BCUT2D eigenvalue weighted by molar-refractivity contribution is -0.117. The van der Waals surface area contributed by atoms with Crippen molar-refractivity contribution in [2.75, 3.05) is 6.54 Å². The van der Waals surface area contributed by atoms with Crippen LogP contribution in [0.4, 0.5) is 0 Å². The SMILES string of the molecule is CC(C)C(O)C(C)(C)CNC(=O)/C=C/c1ccc2ccccc2n1. The second kappa shape index (κ2) is 7.58. The molecule has 0 aliphatic rings. The number of pyridine rings is 1. The number of para-hydroxylation sites is 1. The van der Waals surface area contributed by atoms with Gasteiger partial charge in [0.15, 0.2) is 0 Å². The number of aliphatic hydroxyl groups excluding tert-OH is 1. The zero-order chi connectivity index (χ0) is 17.7. The Bertz CT molecular complexity index is 735. The van der Waals surface area contributed by atoms with E-state index in [2.05, 4.69) is 10.3 Å². The van der Waals surface area contributed by atoms with Gasteiger partial charge in [0.25, 0.3) is 0 Å². The van der Waals surface area contributed by atoms with Crippen LogP contribution in [0.25, 0.3) is 17.0 Å². The lowest BCUT2D eigenvalue weighted by Gasteiger charge is -2.33. The van der Waals surface area contributed by atoms with Gasteiger partial charge in [-0.1, -0.05) is 52.0 Å². The number of aliphatic hydroxyl groups is 1. The molecular formula is C20H26N2O2. The highest BCUT2D eigenvalue weighted by atomic mass is 16.3.